The third-order valence-corrected chi connectivity index (χ3v) is 12.2. The van der Waals surface area contributed by atoms with Crippen LogP contribution in [0.5, 0.6) is 0 Å². The van der Waals surface area contributed by atoms with Crippen LogP contribution < -0.4 is 0 Å². The molecule has 204 valence electrons. The summed E-state index contributed by atoms with van der Waals surface area (Å²) in [6.07, 6.45) is 12.6. The van der Waals surface area contributed by atoms with E-state index in [1.807, 2.05) is 6.08 Å². The molecule has 0 amide bonds. The average Bonchev–Trinajstić information content (AvgIpc) is 2.85. The normalized spacial score (nSPS) is 46.6. The summed E-state index contributed by atoms with van der Waals surface area (Å²) in [7, 11) is 1.50. The molecule has 0 heterocycles. The van der Waals surface area contributed by atoms with Gasteiger partial charge >= 0.3 is 5.97 Å². The first-order valence-electron chi connectivity index (χ1n) is 13.6. The number of aliphatic hydroxyl groups excluding tert-OH is 1. The zero-order valence-electron chi connectivity index (χ0n) is 23.0. The Bertz CT molecular complexity index is 1160. The van der Waals surface area contributed by atoms with Crippen molar-refractivity contribution >= 4 is 17.5 Å². The summed E-state index contributed by atoms with van der Waals surface area (Å²) in [5, 5.41) is 10.2. The third kappa shape index (κ3) is 3.28. The number of hydrogen-bond acceptors (Lipinski definition) is 5. The van der Waals surface area contributed by atoms with E-state index < -0.39 is 22.4 Å². The van der Waals surface area contributed by atoms with Gasteiger partial charge in [0.2, 0.25) is 11.6 Å². The number of ketones is 2. The minimum atomic E-state index is -1.19. The molecule has 7 atom stereocenters. The molecule has 0 radical (unpaired) electrons. The Balaban J connectivity index is 0.00000320. The van der Waals surface area contributed by atoms with E-state index in [0.29, 0.717) is 5.92 Å². The zero-order chi connectivity index (χ0) is 26.5. The second-order valence-electron chi connectivity index (χ2n) is 13.9. The number of methoxy groups -OCH3 is 1. The van der Waals surface area contributed by atoms with Crippen molar-refractivity contribution in [3.63, 3.8) is 0 Å². The number of carbonyl (C=O) groups excluding carboxylic acids is 3. The van der Waals surface area contributed by atoms with Crippen LogP contribution in [0.1, 0.15) is 93.9 Å². The van der Waals surface area contributed by atoms with Gasteiger partial charge in [0.05, 0.1) is 24.5 Å². The third-order valence-electron chi connectivity index (χ3n) is 12.2. The Morgan fingerprint density at radius 3 is 2.22 bits per heavy atom. The highest BCUT2D eigenvalue weighted by molar-refractivity contribution is 6.45. The van der Waals surface area contributed by atoms with Gasteiger partial charge < -0.3 is 9.84 Å². The summed E-state index contributed by atoms with van der Waals surface area (Å²) in [4.78, 5) is 38.5. The Labute approximate surface area is 222 Å². The van der Waals surface area contributed by atoms with Crippen molar-refractivity contribution in [2.45, 2.75) is 93.9 Å². The fraction of sp³-hybridized carbons (Fsp3) is 0.719. The van der Waals surface area contributed by atoms with Crippen molar-refractivity contribution in [1.82, 2.24) is 0 Å². The van der Waals surface area contributed by atoms with Crippen LogP contribution in [-0.4, -0.2) is 36.4 Å². The molecule has 0 aliphatic heterocycles. The second-order valence-corrected chi connectivity index (χ2v) is 13.9. The van der Waals surface area contributed by atoms with Gasteiger partial charge in [-0.1, -0.05) is 52.8 Å². The standard InChI is InChI=1S/C31H42O5.CH4/c1-26-10-11-27(2,25(35)36-7)17-23(26)31(6)15-13-28(3)20-16-21(33)24(34)29(4,18-32)19(20)8-9-22(28)30(31,5)14-12-26;/h8-9,16,23,32H,10-15,17-18H2,1-7H3;1H4/t23-,26-,27-,28+,29+,30-,31+;/m1./s1. The largest absolute Gasteiger partial charge is 0.469 e. The molecular formula is C32H46O5. The van der Waals surface area contributed by atoms with Gasteiger partial charge in [-0.15, -0.1) is 0 Å². The molecule has 0 bridgehead atoms. The molecule has 0 saturated heterocycles. The summed E-state index contributed by atoms with van der Waals surface area (Å²) in [6, 6.07) is 0. The highest BCUT2D eigenvalue weighted by atomic mass is 16.5. The molecule has 0 spiro atoms. The first-order chi connectivity index (χ1) is 16.7. The lowest BCUT2D eigenvalue weighted by molar-refractivity contribution is -0.180. The molecule has 5 nitrogen and oxygen atoms in total. The topological polar surface area (TPSA) is 80.7 Å². The van der Waals surface area contributed by atoms with Crippen molar-refractivity contribution in [3.05, 3.63) is 34.9 Å². The van der Waals surface area contributed by atoms with E-state index in [1.165, 1.54) is 12.7 Å². The maximum Gasteiger partial charge on any atom is 0.311 e. The summed E-state index contributed by atoms with van der Waals surface area (Å²) < 4.78 is 5.26. The van der Waals surface area contributed by atoms with Crippen molar-refractivity contribution in [2.75, 3.05) is 13.7 Å². The minimum Gasteiger partial charge on any atom is -0.469 e. The summed E-state index contributed by atoms with van der Waals surface area (Å²) in [6.45, 7) is 12.9. The van der Waals surface area contributed by atoms with Gasteiger partial charge in [0.1, 0.15) is 0 Å². The zero-order valence-corrected chi connectivity index (χ0v) is 23.0. The molecule has 3 saturated carbocycles. The monoisotopic (exact) mass is 510 g/mol. The van der Waals surface area contributed by atoms with E-state index in [4.69, 9.17) is 4.74 Å². The molecule has 37 heavy (non-hydrogen) atoms. The van der Waals surface area contributed by atoms with Crippen LogP contribution in [0.15, 0.2) is 34.9 Å². The predicted octanol–water partition coefficient (Wildman–Crippen LogP) is 6.16. The number of allylic oxidation sites excluding steroid dienone is 5. The number of aliphatic hydroxyl groups is 1. The van der Waals surface area contributed by atoms with Crippen molar-refractivity contribution in [3.8, 4) is 0 Å². The number of ether oxygens (including phenoxy) is 1. The Hall–Kier alpha value is -2.01. The molecule has 5 rings (SSSR count). The lowest BCUT2D eigenvalue weighted by Crippen LogP contribution is -2.62. The average molecular weight is 511 g/mol. The van der Waals surface area contributed by atoms with Crippen LogP contribution in [0, 0.1) is 38.4 Å². The number of rotatable bonds is 2. The second kappa shape index (κ2) is 8.24. The molecule has 5 aliphatic carbocycles. The lowest BCUT2D eigenvalue weighted by Gasteiger charge is -2.70. The molecule has 0 aromatic heterocycles. The Morgan fingerprint density at radius 2 is 1.59 bits per heavy atom. The van der Waals surface area contributed by atoms with Crippen molar-refractivity contribution in [1.29, 1.82) is 0 Å². The van der Waals surface area contributed by atoms with Crippen LogP contribution in [0.4, 0.5) is 0 Å². The molecule has 5 aliphatic rings. The van der Waals surface area contributed by atoms with Crippen LogP contribution in [0.2, 0.25) is 0 Å². The number of Topliss-reactive ketones (excluding diaryl/α,β-unsaturated/α-hetero) is 1. The summed E-state index contributed by atoms with van der Waals surface area (Å²) in [5.74, 6) is -0.741. The molecule has 1 N–H and O–H groups in total. The van der Waals surface area contributed by atoms with Crippen molar-refractivity contribution in [2.24, 2.45) is 38.4 Å². The highest BCUT2D eigenvalue weighted by Gasteiger charge is 2.68. The van der Waals surface area contributed by atoms with E-state index in [9.17, 15) is 19.5 Å². The number of esters is 1. The SMILES string of the molecule is C.COC(=O)[C@]1(C)CC[C@]2(C)CC[C@]3(C)C4=CC=C5C(=CC(=O)C(=O)[C@@]5(C)CO)[C@]4(C)CC[C@@]3(C)[C@@H]2C1. The van der Waals surface area contributed by atoms with E-state index >= 15 is 0 Å². The Kier molecular flexibility index (Phi) is 6.24. The first kappa shape index (κ1) is 28.0. The van der Waals surface area contributed by atoms with Crippen molar-refractivity contribution < 1.29 is 24.2 Å². The van der Waals surface area contributed by atoms with Gasteiger partial charge in [0.15, 0.2) is 0 Å². The molecule has 3 fully saturated rings. The Morgan fingerprint density at radius 1 is 0.946 bits per heavy atom. The maximum absolute atomic E-state index is 12.9. The highest BCUT2D eigenvalue weighted by Crippen LogP contribution is 2.75. The maximum atomic E-state index is 12.9. The lowest BCUT2D eigenvalue weighted by atomic mass is 9.34. The molecule has 0 aromatic carbocycles. The van der Waals surface area contributed by atoms with Crippen LogP contribution in [-0.2, 0) is 19.1 Å². The molecule has 0 aromatic rings. The quantitative estimate of drug-likeness (QED) is 0.356. The fourth-order valence-corrected chi connectivity index (χ4v) is 9.28. The molecule has 5 heteroatoms. The number of hydrogen-bond donors (Lipinski definition) is 1. The molecular weight excluding hydrogens is 464 g/mol. The van der Waals surface area contributed by atoms with Crippen LogP contribution >= 0.6 is 0 Å². The molecule has 0 unspecified atom stereocenters. The van der Waals surface area contributed by atoms with Gasteiger partial charge in [-0.25, -0.2) is 0 Å². The fourth-order valence-electron chi connectivity index (χ4n) is 9.28. The smallest absolute Gasteiger partial charge is 0.311 e. The van der Waals surface area contributed by atoms with Gasteiger partial charge in [-0.2, -0.15) is 0 Å². The summed E-state index contributed by atoms with van der Waals surface area (Å²) >= 11 is 0. The van der Waals surface area contributed by atoms with E-state index in [0.717, 1.165) is 56.1 Å². The minimum absolute atomic E-state index is 0. The van der Waals surface area contributed by atoms with E-state index in [-0.39, 0.29) is 41.7 Å². The van der Waals surface area contributed by atoms with Gasteiger partial charge in [-0.3, -0.25) is 14.4 Å². The van der Waals surface area contributed by atoms with Crippen LogP contribution in [0.25, 0.3) is 0 Å². The van der Waals surface area contributed by atoms with Gasteiger partial charge in [-0.05, 0) is 98.2 Å². The predicted molar refractivity (Wildman–Crippen MR) is 145 cm³/mol. The van der Waals surface area contributed by atoms with E-state index in [2.05, 4.69) is 40.7 Å². The van der Waals surface area contributed by atoms with E-state index in [1.54, 1.807) is 13.0 Å². The van der Waals surface area contributed by atoms with Gasteiger partial charge in [0, 0.05) is 5.41 Å². The van der Waals surface area contributed by atoms with Crippen LogP contribution in [0.3, 0.4) is 0 Å². The number of fused-ring (bicyclic) bond motifs is 7. The number of carbonyl (C=O) groups is 3. The first-order valence-corrected chi connectivity index (χ1v) is 13.6. The van der Waals surface area contributed by atoms with Gasteiger partial charge in [0.25, 0.3) is 0 Å². The summed E-state index contributed by atoms with van der Waals surface area (Å²) in [5.41, 5.74) is 1.11.